The molecule has 1 N–H and O–H groups in total. The summed E-state index contributed by atoms with van der Waals surface area (Å²) in [4.78, 5) is 24.8. The molecule has 1 aliphatic heterocycles. The first kappa shape index (κ1) is 13.2. The lowest BCUT2D eigenvalue weighted by molar-refractivity contribution is -0.123. The van der Waals surface area contributed by atoms with E-state index in [1.165, 1.54) is 6.92 Å². The van der Waals surface area contributed by atoms with E-state index in [1.54, 1.807) is 0 Å². The van der Waals surface area contributed by atoms with Crippen LogP contribution in [0.25, 0.3) is 0 Å². The first-order valence-corrected chi connectivity index (χ1v) is 6.05. The van der Waals surface area contributed by atoms with E-state index >= 15 is 0 Å². The van der Waals surface area contributed by atoms with Crippen molar-refractivity contribution < 1.29 is 9.59 Å². The van der Waals surface area contributed by atoms with E-state index < -0.39 is 0 Å². The Labute approximate surface area is 97.4 Å². The summed E-state index contributed by atoms with van der Waals surface area (Å²) in [6.07, 6.45) is 1.86. The lowest BCUT2D eigenvalue weighted by atomic mass is 10.0. The number of hydrogen-bond acceptors (Lipinski definition) is 3. The lowest BCUT2D eigenvalue weighted by Crippen LogP contribution is -2.37. The predicted molar refractivity (Wildman–Crippen MR) is 63.1 cm³/mol. The number of Topliss-reactive ketones (excluding diaryl/α,β-unsaturated/α-hetero) is 1. The Kier molecular flexibility index (Phi) is 4.93. The highest BCUT2D eigenvalue weighted by Crippen LogP contribution is 2.11. The molecular weight excluding hydrogens is 204 g/mol. The molecule has 1 saturated heterocycles. The molecule has 1 amide bonds. The summed E-state index contributed by atoms with van der Waals surface area (Å²) in [5, 5.41) is 2.90. The number of carbonyl (C=O) groups is 2. The van der Waals surface area contributed by atoms with Crippen molar-refractivity contribution in [2.75, 3.05) is 19.6 Å². The van der Waals surface area contributed by atoms with Gasteiger partial charge in [0, 0.05) is 32.0 Å². The third-order valence-corrected chi connectivity index (χ3v) is 3.22. The first-order chi connectivity index (χ1) is 7.52. The van der Waals surface area contributed by atoms with Gasteiger partial charge in [0.05, 0.1) is 6.54 Å². The van der Waals surface area contributed by atoms with Crippen molar-refractivity contribution in [2.24, 2.45) is 5.92 Å². The van der Waals surface area contributed by atoms with E-state index in [2.05, 4.69) is 10.2 Å². The van der Waals surface area contributed by atoms with E-state index in [-0.39, 0.29) is 17.9 Å². The normalized spacial score (nSPS) is 23.1. The molecule has 2 atom stereocenters. The summed E-state index contributed by atoms with van der Waals surface area (Å²) >= 11 is 0. The van der Waals surface area contributed by atoms with Crippen LogP contribution >= 0.6 is 0 Å². The minimum Gasteiger partial charge on any atom is -0.352 e. The van der Waals surface area contributed by atoms with Crippen molar-refractivity contribution in [3.8, 4) is 0 Å². The van der Waals surface area contributed by atoms with Crippen molar-refractivity contribution in [1.82, 2.24) is 10.2 Å². The van der Waals surface area contributed by atoms with Crippen LogP contribution in [0, 0.1) is 5.92 Å². The van der Waals surface area contributed by atoms with Gasteiger partial charge in [0.25, 0.3) is 0 Å². The number of carbonyl (C=O) groups excluding carboxylic acids is 2. The molecule has 0 aromatic rings. The SMILES string of the molecule is CCC(C)C(=O)CN1CCC(NC(C)=O)C1. The fourth-order valence-corrected chi connectivity index (χ4v) is 1.99. The van der Waals surface area contributed by atoms with Crippen LogP contribution in [0.1, 0.15) is 33.6 Å². The van der Waals surface area contributed by atoms with Crippen LogP contribution in [0.3, 0.4) is 0 Å². The molecule has 1 rings (SSSR count). The van der Waals surface area contributed by atoms with E-state index in [9.17, 15) is 9.59 Å². The zero-order valence-corrected chi connectivity index (χ0v) is 10.5. The number of nitrogens with one attached hydrogen (secondary N) is 1. The van der Waals surface area contributed by atoms with Crippen LogP contribution in [0.5, 0.6) is 0 Å². The zero-order chi connectivity index (χ0) is 12.1. The van der Waals surface area contributed by atoms with Gasteiger partial charge in [-0.15, -0.1) is 0 Å². The molecule has 92 valence electrons. The third kappa shape index (κ3) is 3.93. The molecule has 1 fully saturated rings. The molecule has 0 aromatic heterocycles. The second-order valence-electron chi connectivity index (χ2n) is 4.70. The van der Waals surface area contributed by atoms with Gasteiger partial charge in [-0.25, -0.2) is 0 Å². The Morgan fingerprint density at radius 1 is 1.50 bits per heavy atom. The average Bonchev–Trinajstić information content (AvgIpc) is 2.63. The van der Waals surface area contributed by atoms with Gasteiger partial charge in [-0.1, -0.05) is 13.8 Å². The Morgan fingerprint density at radius 2 is 2.19 bits per heavy atom. The Hall–Kier alpha value is -0.900. The first-order valence-electron chi connectivity index (χ1n) is 6.05. The molecule has 0 bridgehead atoms. The molecule has 0 saturated carbocycles. The van der Waals surface area contributed by atoms with Gasteiger partial charge >= 0.3 is 0 Å². The van der Waals surface area contributed by atoms with Gasteiger partial charge in [-0.05, 0) is 12.8 Å². The van der Waals surface area contributed by atoms with E-state index in [1.807, 2.05) is 13.8 Å². The molecule has 4 heteroatoms. The molecule has 2 unspecified atom stereocenters. The molecule has 0 radical (unpaired) electrons. The highest BCUT2D eigenvalue weighted by Gasteiger charge is 2.25. The maximum atomic E-state index is 11.7. The Morgan fingerprint density at radius 3 is 2.75 bits per heavy atom. The van der Waals surface area contributed by atoms with Crippen molar-refractivity contribution in [2.45, 2.75) is 39.7 Å². The smallest absolute Gasteiger partial charge is 0.217 e. The molecular formula is C12H22N2O2. The maximum absolute atomic E-state index is 11.7. The number of rotatable bonds is 5. The van der Waals surface area contributed by atoms with Gasteiger partial charge in [0.1, 0.15) is 5.78 Å². The highest BCUT2D eigenvalue weighted by atomic mass is 16.1. The number of ketones is 1. The van der Waals surface area contributed by atoms with Crippen LogP contribution in [-0.4, -0.2) is 42.3 Å². The standard InChI is InChI=1S/C12H22N2O2/c1-4-9(2)12(16)8-14-6-5-11(7-14)13-10(3)15/h9,11H,4-8H2,1-3H3,(H,13,15). The second-order valence-corrected chi connectivity index (χ2v) is 4.70. The van der Waals surface area contributed by atoms with Crippen molar-refractivity contribution >= 4 is 11.7 Å². The summed E-state index contributed by atoms with van der Waals surface area (Å²) in [6.45, 7) is 7.79. The number of hydrogen-bond donors (Lipinski definition) is 1. The highest BCUT2D eigenvalue weighted by molar-refractivity contribution is 5.82. The number of amides is 1. The molecule has 1 heterocycles. The van der Waals surface area contributed by atoms with Crippen LogP contribution in [0.2, 0.25) is 0 Å². The van der Waals surface area contributed by atoms with Crippen molar-refractivity contribution in [3.63, 3.8) is 0 Å². The molecule has 0 aromatic carbocycles. The topological polar surface area (TPSA) is 49.4 Å². The summed E-state index contributed by atoms with van der Waals surface area (Å²) in [5.74, 6) is 0.478. The second kappa shape index (κ2) is 5.99. The zero-order valence-electron chi connectivity index (χ0n) is 10.5. The number of nitrogens with zero attached hydrogens (tertiary/aromatic N) is 1. The minimum atomic E-state index is 0.0140. The monoisotopic (exact) mass is 226 g/mol. The van der Waals surface area contributed by atoms with Crippen LogP contribution in [0.15, 0.2) is 0 Å². The van der Waals surface area contributed by atoms with E-state index in [4.69, 9.17) is 0 Å². The fraction of sp³-hybridized carbons (Fsp3) is 0.833. The van der Waals surface area contributed by atoms with Crippen LogP contribution in [-0.2, 0) is 9.59 Å². The van der Waals surface area contributed by atoms with Gasteiger partial charge in [-0.2, -0.15) is 0 Å². The largest absolute Gasteiger partial charge is 0.352 e. The van der Waals surface area contributed by atoms with E-state index in [0.717, 1.165) is 25.9 Å². The van der Waals surface area contributed by atoms with Crippen molar-refractivity contribution in [3.05, 3.63) is 0 Å². The van der Waals surface area contributed by atoms with Gasteiger partial charge in [0.2, 0.25) is 5.91 Å². The number of likely N-dealkylation sites (tertiary alicyclic amines) is 1. The molecule has 0 aliphatic carbocycles. The predicted octanol–water partition coefficient (Wildman–Crippen LogP) is 0.812. The third-order valence-electron chi connectivity index (χ3n) is 3.22. The Bertz CT molecular complexity index is 266. The van der Waals surface area contributed by atoms with Gasteiger partial charge < -0.3 is 5.32 Å². The maximum Gasteiger partial charge on any atom is 0.217 e. The molecule has 1 aliphatic rings. The summed E-state index contributed by atoms with van der Waals surface area (Å²) in [5.41, 5.74) is 0. The van der Waals surface area contributed by atoms with Crippen LogP contribution < -0.4 is 5.32 Å². The lowest BCUT2D eigenvalue weighted by Gasteiger charge is -2.17. The summed E-state index contributed by atoms with van der Waals surface area (Å²) in [6, 6.07) is 0.224. The average molecular weight is 226 g/mol. The van der Waals surface area contributed by atoms with Gasteiger partial charge in [-0.3, -0.25) is 14.5 Å². The van der Waals surface area contributed by atoms with E-state index in [0.29, 0.717) is 12.3 Å². The fourth-order valence-electron chi connectivity index (χ4n) is 1.99. The van der Waals surface area contributed by atoms with Crippen molar-refractivity contribution in [1.29, 1.82) is 0 Å². The molecule has 4 nitrogen and oxygen atoms in total. The Balaban J connectivity index is 2.31. The van der Waals surface area contributed by atoms with Crippen LogP contribution in [0.4, 0.5) is 0 Å². The van der Waals surface area contributed by atoms with Gasteiger partial charge in [0.15, 0.2) is 0 Å². The minimum absolute atomic E-state index is 0.0140. The summed E-state index contributed by atoms with van der Waals surface area (Å²) < 4.78 is 0. The quantitative estimate of drug-likeness (QED) is 0.755. The molecule has 0 spiro atoms. The summed E-state index contributed by atoms with van der Waals surface area (Å²) in [7, 11) is 0. The molecule has 16 heavy (non-hydrogen) atoms.